The van der Waals surface area contributed by atoms with Gasteiger partial charge in [-0.05, 0) is 23.3 Å². The van der Waals surface area contributed by atoms with E-state index in [-0.39, 0.29) is 34.8 Å². The van der Waals surface area contributed by atoms with Crippen LogP contribution in [-0.2, 0) is 28.6 Å². The molecule has 34 heavy (non-hydrogen) atoms. The van der Waals surface area contributed by atoms with Gasteiger partial charge in [0.05, 0.1) is 16.7 Å². The van der Waals surface area contributed by atoms with Crippen molar-refractivity contribution in [2.24, 2.45) is 7.05 Å². The van der Waals surface area contributed by atoms with E-state index in [1.807, 2.05) is 43.4 Å². The average molecular weight is 498 g/mol. The van der Waals surface area contributed by atoms with Crippen LogP contribution in [0, 0.1) is 0 Å². The third-order valence-electron chi connectivity index (χ3n) is 5.66. The minimum absolute atomic E-state index is 0.0922. The molecule has 2 amide bonds. The molecule has 1 aromatic carbocycles. The molecular weight excluding hydrogens is 470 g/mol. The predicted octanol–water partition coefficient (Wildman–Crippen LogP) is 4.25. The van der Waals surface area contributed by atoms with Crippen molar-refractivity contribution < 1.29 is 9.59 Å². The maximum Gasteiger partial charge on any atom is 0.240 e. The third kappa shape index (κ3) is 4.98. The standard InChI is InChI=1S/C25H28ClN5O2S/c1-25(2,3)23-21-22(17-9-5-6-10-18(17)26)34-15-20(33)31(24(21)30(4)29-23)14-19(32)28-13-16-8-7-11-27-12-16/h5-12,22H,13-15H2,1-4H3,(H,28,32). The largest absolute Gasteiger partial charge is 0.350 e. The third-order valence-corrected chi connectivity index (χ3v) is 7.24. The highest BCUT2D eigenvalue weighted by atomic mass is 35.5. The fourth-order valence-electron chi connectivity index (χ4n) is 4.08. The van der Waals surface area contributed by atoms with E-state index < -0.39 is 0 Å². The molecule has 9 heteroatoms. The molecule has 0 bridgehead atoms. The summed E-state index contributed by atoms with van der Waals surface area (Å²) in [7, 11) is 1.82. The Labute approximate surface area is 208 Å². The first-order valence-electron chi connectivity index (χ1n) is 11.1. The summed E-state index contributed by atoms with van der Waals surface area (Å²) in [5, 5.41) is 8.18. The number of rotatable bonds is 5. The number of aryl methyl sites for hydroxylation is 1. The van der Waals surface area contributed by atoms with E-state index >= 15 is 0 Å². The second kappa shape index (κ2) is 9.80. The molecule has 4 rings (SSSR count). The van der Waals surface area contributed by atoms with Crippen molar-refractivity contribution in [1.29, 1.82) is 0 Å². The second-order valence-corrected chi connectivity index (χ2v) is 10.8. The first-order chi connectivity index (χ1) is 16.2. The molecule has 0 spiro atoms. The van der Waals surface area contributed by atoms with Crippen LogP contribution in [0.1, 0.15) is 48.4 Å². The molecule has 1 atom stereocenters. The van der Waals surface area contributed by atoms with Gasteiger partial charge in [-0.1, -0.05) is 56.6 Å². The number of amides is 2. The number of thioether (sulfide) groups is 1. The van der Waals surface area contributed by atoms with E-state index in [0.29, 0.717) is 17.4 Å². The van der Waals surface area contributed by atoms with Crippen molar-refractivity contribution >= 4 is 41.0 Å². The molecule has 0 aliphatic carbocycles. The molecule has 0 fully saturated rings. The maximum atomic E-state index is 13.3. The second-order valence-electron chi connectivity index (χ2n) is 9.29. The van der Waals surface area contributed by atoms with Crippen LogP contribution in [0.25, 0.3) is 0 Å². The summed E-state index contributed by atoms with van der Waals surface area (Å²) in [5.41, 5.74) is 3.37. The summed E-state index contributed by atoms with van der Waals surface area (Å²) in [4.78, 5) is 31.8. The van der Waals surface area contributed by atoms with Gasteiger partial charge in [-0.3, -0.25) is 24.2 Å². The van der Waals surface area contributed by atoms with Crippen LogP contribution in [0.2, 0.25) is 5.02 Å². The van der Waals surface area contributed by atoms with Gasteiger partial charge in [-0.15, -0.1) is 11.8 Å². The highest BCUT2D eigenvalue weighted by Crippen LogP contribution is 2.48. The smallest absolute Gasteiger partial charge is 0.240 e. The van der Waals surface area contributed by atoms with Crippen molar-refractivity contribution in [3.8, 4) is 0 Å². The molecule has 1 aliphatic heterocycles. The van der Waals surface area contributed by atoms with Crippen LogP contribution in [0.5, 0.6) is 0 Å². The zero-order valence-corrected chi connectivity index (χ0v) is 21.3. The van der Waals surface area contributed by atoms with Crippen LogP contribution >= 0.6 is 23.4 Å². The van der Waals surface area contributed by atoms with Gasteiger partial charge in [0, 0.05) is 42.0 Å². The molecule has 0 saturated heterocycles. The molecule has 3 aromatic rings. The first kappa shape index (κ1) is 24.3. The number of pyridine rings is 1. The number of carbonyl (C=O) groups excluding carboxylic acids is 2. The predicted molar refractivity (Wildman–Crippen MR) is 136 cm³/mol. The van der Waals surface area contributed by atoms with Crippen molar-refractivity contribution in [3.05, 3.63) is 76.2 Å². The fourth-order valence-corrected chi connectivity index (χ4v) is 5.62. The maximum absolute atomic E-state index is 13.3. The molecule has 1 N–H and O–H groups in total. The van der Waals surface area contributed by atoms with Gasteiger partial charge in [0.15, 0.2) is 0 Å². The van der Waals surface area contributed by atoms with Gasteiger partial charge in [-0.25, -0.2) is 0 Å². The fraction of sp³-hybridized carbons (Fsp3) is 0.360. The molecule has 0 saturated carbocycles. The Morgan fingerprint density at radius 3 is 2.68 bits per heavy atom. The molecule has 0 radical (unpaired) electrons. The Kier molecular flexibility index (Phi) is 7.00. The number of hydrogen-bond donors (Lipinski definition) is 1. The summed E-state index contributed by atoms with van der Waals surface area (Å²) in [5.74, 6) is 0.481. The summed E-state index contributed by atoms with van der Waals surface area (Å²) < 4.78 is 1.72. The van der Waals surface area contributed by atoms with Gasteiger partial charge in [0.2, 0.25) is 11.8 Å². The minimum Gasteiger partial charge on any atom is -0.350 e. The number of anilines is 1. The minimum atomic E-state index is -0.271. The number of hydrogen-bond acceptors (Lipinski definition) is 5. The van der Waals surface area contributed by atoms with E-state index in [9.17, 15) is 9.59 Å². The lowest BCUT2D eigenvalue weighted by molar-refractivity contribution is -0.123. The molecule has 2 aromatic heterocycles. The van der Waals surface area contributed by atoms with Crippen LogP contribution < -0.4 is 10.2 Å². The number of fused-ring (bicyclic) bond motifs is 1. The Balaban J connectivity index is 1.73. The summed E-state index contributed by atoms with van der Waals surface area (Å²) in [6, 6.07) is 11.4. The Bertz CT molecular complexity index is 1210. The lowest BCUT2D eigenvalue weighted by atomic mass is 9.87. The van der Waals surface area contributed by atoms with E-state index in [1.165, 1.54) is 11.8 Å². The molecule has 7 nitrogen and oxygen atoms in total. The normalized spacial score (nSPS) is 16.2. The van der Waals surface area contributed by atoms with Gasteiger partial charge in [0.25, 0.3) is 0 Å². The quantitative estimate of drug-likeness (QED) is 0.570. The number of benzene rings is 1. The summed E-state index contributed by atoms with van der Waals surface area (Å²) in [6.07, 6.45) is 3.39. The Hall–Kier alpha value is -2.84. The highest BCUT2D eigenvalue weighted by Gasteiger charge is 2.39. The summed E-state index contributed by atoms with van der Waals surface area (Å²) in [6.45, 7) is 6.55. The average Bonchev–Trinajstić information content (AvgIpc) is 3.08. The van der Waals surface area contributed by atoms with Crippen LogP contribution in [-0.4, -0.2) is 38.9 Å². The van der Waals surface area contributed by atoms with Crippen molar-refractivity contribution in [3.63, 3.8) is 0 Å². The van der Waals surface area contributed by atoms with Crippen molar-refractivity contribution in [2.45, 2.75) is 38.0 Å². The molecular formula is C25H28ClN5O2S. The number of halogens is 1. The topological polar surface area (TPSA) is 80.1 Å². The van der Waals surface area contributed by atoms with Crippen molar-refractivity contribution in [1.82, 2.24) is 20.1 Å². The van der Waals surface area contributed by atoms with E-state index in [1.54, 1.807) is 22.0 Å². The number of carbonyl (C=O) groups is 2. The monoisotopic (exact) mass is 497 g/mol. The molecule has 3 heterocycles. The first-order valence-corrected chi connectivity index (χ1v) is 12.5. The molecule has 1 aliphatic rings. The Morgan fingerprint density at radius 1 is 1.24 bits per heavy atom. The lowest BCUT2D eigenvalue weighted by Gasteiger charge is -2.24. The lowest BCUT2D eigenvalue weighted by Crippen LogP contribution is -2.42. The van der Waals surface area contributed by atoms with Gasteiger partial charge >= 0.3 is 0 Å². The van der Waals surface area contributed by atoms with Gasteiger partial charge < -0.3 is 5.32 Å². The highest BCUT2D eigenvalue weighted by molar-refractivity contribution is 8.00. The number of nitrogens with one attached hydrogen (secondary N) is 1. The zero-order chi connectivity index (χ0) is 24.5. The van der Waals surface area contributed by atoms with E-state index in [2.05, 4.69) is 31.1 Å². The molecule has 1 unspecified atom stereocenters. The van der Waals surface area contributed by atoms with E-state index in [0.717, 1.165) is 22.4 Å². The zero-order valence-electron chi connectivity index (χ0n) is 19.7. The summed E-state index contributed by atoms with van der Waals surface area (Å²) >= 11 is 8.12. The number of nitrogens with zero attached hydrogens (tertiary/aromatic N) is 4. The van der Waals surface area contributed by atoms with Crippen LogP contribution in [0.4, 0.5) is 5.82 Å². The van der Waals surface area contributed by atoms with Gasteiger partial charge in [-0.2, -0.15) is 5.10 Å². The van der Waals surface area contributed by atoms with Crippen LogP contribution in [0.15, 0.2) is 48.8 Å². The van der Waals surface area contributed by atoms with E-state index in [4.69, 9.17) is 16.7 Å². The Morgan fingerprint density at radius 2 is 2.00 bits per heavy atom. The SMILES string of the molecule is Cn1nc(C(C)(C)C)c2c1N(CC(=O)NCc1cccnc1)C(=O)CSC2c1ccccc1Cl. The number of aromatic nitrogens is 3. The molecule has 178 valence electrons. The van der Waals surface area contributed by atoms with Crippen LogP contribution in [0.3, 0.4) is 0 Å². The van der Waals surface area contributed by atoms with Crippen molar-refractivity contribution in [2.75, 3.05) is 17.2 Å². The van der Waals surface area contributed by atoms with Gasteiger partial charge in [0.1, 0.15) is 12.4 Å².